The Hall–Kier alpha value is -2.39. The van der Waals surface area contributed by atoms with Gasteiger partial charge in [0.25, 0.3) is 10.0 Å². The van der Waals surface area contributed by atoms with Crippen molar-refractivity contribution in [3.63, 3.8) is 0 Å². The van der Waals surface area contributed by atoms with E-state index in [9.17, 15) is 8.42 Å². The first-order chi connectivity index (χ1) is 12.5. The van der Waals surface area contributed by atoms with Crippen LogP contribution in [0.5, 0.6) is 5.75 Å². The first-order valence-corrected chi connectivity index (χ1v) is 10.5. The second kappa shape index (κ2) is 6.73. The third-order valence-corrected chi connectivity index (χ3v) is 7.16. The molecule has 0 radical (unpaired) electrons. The molecule has 26 heavy (non-hydrogen) atoms. The molecule has 7 nitrogen and oxygen atoms in total. The molecule has 0 unspecified atom stereocenters. The van der Waals surface area contributed by atoms with Crippen LogP contribution >= 0.6 is 11.3 Å². The number of thiophene rings is 1. The maximum absolute atomic E-state index is 12.6. The van der Waals surface area contributed by atoms with E-state index >= 15 is 0 Å². The molecule has 2 aromatic heterocycles. The van der Waals surface area contributed by atoms with Gasteiger partial charge in [0.05, 0.1) is 7.11 Å². The molecular formula is C17H17N3O4S2. The van der Waals surface area contributed by atoms with Crippen LogP contribution in [0, 0.1) is 0 Å². The standard InChI is InChI=1S/C17H17N3O4S2/c1-23-14-7-5-13(6-8-14)20-26(21,22)15-9-12(10-25-15)16-18-17(24-19-16)11-3-2-4-11/h5-11,20H,2-4H2,1H3. The normalized spacial score (nSPS) is 14.8. The van der Waals surface area contributed by atoms with Crippen LogP contribution in [-0.4, -0.2) is 25.7 Å². The third-order valence-electron chi connectivity index (χ3n) is 4.34. The predicted molar refractivity (Wildman–Crippen MR) is 98.0 cm³/mol. The lowest BCUT2D eigenvalue weighted by atomic mass is 9.85. The summed E-state index contributed by atoms with van der Waals surface area (Å²) in [5.74, 6) is 2.06. The number of rotatable bonds is 6. The molecule has 9 heteroatoms. The zero-order chi connectivity index (χ0) is 18.1. The highest BCUT2D eigenvalue weighted by molar-refractivity contribution is 7.94. The zero-order valence-electron chi connectivity index (χ0n) is 14.0. The van der Waals surface area contributed by atoms with Gasteiger partial charge in [0.15, 0.2) is 0 Å². The van der Waals surface area contributed by atoms with Crippen molar-refractivity contribution in [1.82, 2.24) is 10.1 Å². The van der Waals surface area contributed by atoms with Crippen LogP contribution in [0.3, 0.4) is 0 Å². The lowest BCUT2D eigenvalue weighted by Crippen LogP contribution is -2.11. The largest absolute Gasteiger partial charge is 0.497 e. The first-order valence-electron chi connectivity index (χ1n) is 8.14. The van der Waals surface area contributed by atoms with Gasteiger partial charge in [-0.3, -0.25) is 4.72 Å². The van der Waals surface area contributed by atoms with Crippen molar-refractivity contribution >= 4 is 27.0 Å². The number of hydrogen-bond donors (Lipinski definition) is 1. The van der Waals surface area contributed by atoms with Crippen molar-refractivity contribution < 1.29 is 17.7 Å². The average Bonchev–Trinajstić information content (AvgIpc) is 3.23. The molecule has 0 amide bonds. The molecule has 1 aliphatic carbocycles. The van der Waals surface area contributed by atoms with Crippen molar-refractivity contribution in [2.45, 2.75) is 29.4 Å². The molecule has 0 bridgehead atoms. The smallest absolute Gasteiger partial charge is 0.271 e. The van der Waals surface area contributed by atoms with Gasteiger partial charge in [-0.05, 0) is 43.2 Å². The number of hydrogen-bond acceptors (Lipinski definition) is 7. The molecule has 1 saturated carbocycles. The summed E-state index contributed by atoms with van der Waals surface area (Å²) in [4.78, 5) is 4.40. The second-order valence-corrected chi connectivity index (χ2v) is 8.89. The lowest BCUT2D eigenvalue weighted by Gasteiger charge is -2.20. The zero-order valence-corrected chi connectivity index (χ0v) is 15.6. The molecule has 1 N–H and O–H groups in total. The monoisotopic (exact) mass is 391 g/mol. The molecule has 0 saturated heterocycles. The maximum atomic E-state index is 12.6. The summed E-state index contributed by atoms with van der Waals surface area (Å²) >= 11 is 1.12. The van der Waals surface area contributed by atoms with E-state index in [1.807, 2.05) is 0 Å². The van der Waals surface area contributed by atoms with Crippen LogP contribution in [-0.2, 0) is 10.0 Å². The van der Waals surface area contributed by atoms with Gasteiger partial charge in [-0.2, -0.15) is 4.98 Å². The van der Waals surface area contributed by atoms with Crippen molar-refractivity contribution in [1.29, 1.82) is 0 Å². The molecule has 1 aliphatic rings. The van der Waals surface area contributed by atoms with E-state index < -0.39 is 10.0 Å². The molecule has 0 atom stereocenters. The molecule has 4 rings (SSSR count). The number of nitrogens with one attached hydrogen (secondary N) is 1. The Morgan fingerprint density at radius 3 is 2.69 bits per heavy atom. The van der Waals surface area contributed by atoms with E-state index in [0.29, 0.717) is 34.6 Å². The summed E-state index contributed by atoms with van der Waals surface area (Å²) < 4.78 is 38.3. The minimum atomic E-state index is -3.68. The van der Waals surface area contributed by atoms with Gasteiger partial charge in [-0.25, -0.2) is 8.42 Å². The summed E-state index contributed by atoms with van der Waals surface area (Å²) in [5, 5.41) is 5.70. The molecular weight excluding hydrogens is 374 g/mol. The number of benzene rings is 1. The number of aromatic nitrogens is 2. The molecule has 1 aromatic carbocycles. The Morgan fingerprint density at radius 1 is 1.27 bits per heavy atom. The van der Waals surface area contributed by atoms with E-state index in [4.69, 9.17) is 9.26 Å². The van der Waals surface area contributed by atoms with Gasteiger partial charge in [0.2, 0.25) is 11.7 Å². The Labute approximate surface area is 155 Å². The van der Waals surface area contributed by atoms with Crippen LogP contribution in [0.4, 0.5) is 5.69 Å². The van der Waals surface area contributed by atoms with Crippen LogP contribution in [0.1, 0.15) is 31.1 Å². The van der Waals surface area contributed by atoms with Crippen molar-refractivity contribution in [3.8, 4) is 17.1 Å². The highest BCUT2D eigenvalue weighted by atomic mass is 32.2. The van der Waals surface area contributed by atoms with Gasteiger partial charge in [0.1, 0.15) is 9.96 Å². The van der Waals surface area contributed by atoms with Crippen molar-refractivity contribution in [2.75, 3.05) is 11.8 Å². The third kappa shape index (κ3) is 3.32. The SMILES string of the molecule is COc1ccc(NS(=O)(=O)c2cc(-c3noc(C4CCC4)n3)cs2)cc1. The Bertz CT molecular complexity index is 1000. The molecule has 3 aromatic rings. The van der Waals surface area contributed by atoms with Crippen molar-refractivity contribution in [2.24, 2.45) is 0 Å². The van der Waals surface area contributed by atoms with E-state index in [1.165, 1.54) is 6.42 Å². The quantitative estimate of drug-likeness (QED) is 0.685. The molecule has 0 aliphatic heterocycles. The summed E-state index contributed by atoms with van der Waals surface area (Å²) in [7, 11) is -2.13. The summed E-state index contributed by atoms with van der Waals surface area (Å²) in [6.45, 7) is 0. The van der Waals surface area contributed by atoms with Gasteiger partial charge < -0.3 is 9.26 Å². The number of nitrogens with zero attached hydrogens (tertiary/aromatic N) is 2. The van der Waals surface area contributed by atoms with Gasteiger partial charge in [-0.1, -0.05) is 11.6 Å². The minimum absolute atomic E-state index is 0.193. The van der Waals surface area contributed by atoms with Gasteiger partial charge in [0, 0.05) is 22.5 Å². The Morgan fingerprint density at radius 2 is 2.04 bits per heavy atom. The molecule has 0 spiro atoms. The van der Waals surface area contributed by atoms with E-state index in [2.05, 4.69) is 14.9 Å². The fraction of sp³-hybridized carbons (Fsp3) is 0.294. The number of ether oxygens (including phenoxy) is 1. The fourth-order valence-corrected chi connectivity index (χ4v) is 4.83. The van der Waals surface area contributed by atoms with Gasteiger partial charge >= 0.3 is 0 Å². The topological polar surface area (TPSA) is 94.3 Å². The first kappa shape index (κ1) is 17.0. The highest BCUT2D eigenvalue weighted by Crippen LogP contribution is 2.36. The predicted octanol–water partition coefficient (Wildman–Crippen LogP) is 3.88. The van der Waals surface area contributed by atoms with E-state index in [1.54, 1.807) is 42.8 Å². The minimum Gasteiger partial charge on any atom is -0.497 e. The average molecular weight is 391 g/mol. The Balaban J connectivity index is 1.52. The number of methoxy groups -OCH3 is 1. The molecule has 1 fully saturated rings. The van der Waals surface area contributed by atoms with Crippen molar-refractivity contribution in [3.05, 3.63) is 41.6 Å². The number of sulfonamides is 1. The maximum Gasteiger partial charge on any atom is 0.271 e. The molecule has 136 valence electrons. The van der Waals surface area contributed by atoms with E-state index in [0.717, 1.165) is 24.2 Å². The summed E-state index contributed by atoms with van der Waals surface area (Å²) in [6.07, 6.45) is 3.31. The van der Waals surface area contributed by atoms with Gasteiger partial charge in [-0.15, -0.1) is 11.3 Å². The fourth-order valence-electron chi connectivity index (χ4n) is 2.61. The van der Waals surface area contributed by atoms with E-state index in [-0.39, 0.29) is 4.21 Å². The van der Waals surface area contributed by atoms with Crippen LogP contribution in [0.25, 0.3) is 11.4 Å². The highest BCUT2D eigenvalue weighted by Gasteiger charge is 2.26. The van der Waals surface area contributed by atoms with Crippen LogP contribution in [0.2, 0.25) is 0 Å². The Kier molecular flexibility index (Phi) is 4.41. The summed E-state index contributed by atoms with van der Waals surface area (Å²) in [5.41, 5.74) is 1.10. The number of anilines is 1. The second-order valence-electron chi connectivity index (χ2n) is 6.07. The van der Waals surface area contributed by atoms with Crippen LogP contribution < -0.4 is 9.46 Å². The lowest BCUT2D eigenvalue weighted by molar-refractivity contribution is 0.292. The molecule has 2 heterocycles. The van der Waals surface area contributed by atoms with Crippen LogP contribution in [0.15, 0.2) is 44.4 Å². The summed E-state index contributed by atoms with van der Waals surface area (Å²) in [6, 6.07) is 8.24.